The molecule has 0 bridgehead atoms. The van der Waals surface area contributed by atoms with Crippen LogP contribution in [0, 0.1) is 5.41 Å². The second kappa shape index (κ2) is 11.3. The van der Waals surface area contributed by atoms with Crippen molar-refractivity contribution in [2.45, 2.75) is 76.1 Å². The number of aromatic nitrogens is 3. The molecule has 0 atom stereocenters. The summed E-state index contributed by atoms with van der Waals surface area (Å²) in [6.45, 7) is 0.493. The van der Waals surface area contributed by atoms with Crippen LogP contribution in [0.15, 0.2) is 18.6 Å². The predicted molar refractivity (Wildman–Crippen MR) is 138 cm³/mol. The largest absolute Gasteiger partial charge is 0.481 e. The van der Waals surface area contributed by atoms with E-state index in [2.05, 4.69) is 10.1 Å². The minimum absolute atomic E-state index is 0.0843. The molecule has 2 N–H and O–H groups in total. The van der Waals surface area contributed by atoms with E-state index in [0.717, 1.165) is 15.8 Å². The van der Waals surface area contributed by atoms with Gasteiger partial charge in [0.05, 0.1) is 57.5 Å². The SMILES string of the molecule is CC1(C(=O)O)CCC(n2ncc(C(=O)N(CC(=O)c3c(Cl)cncc3Cl)CC3(O)CCCC3)c2C(F)(F)F)CC1. The fourth-order valence-corrected chi connectivity index (χ4v) is 6.20. The summed E-state index contributed by atoms with van der Waals surface area (Å²) in [4.78, 5) is 43.2. The molecular formula is C26H29Cl2F3N4O5. The van der Waals surface area contributed by atoms with Crippen LogP contribution in [0.4, 0.5) is 13.2 Å². The Hall–Kier alpha value is -2.70. The van der Waals surface area contributed by atoms with Crippen LogP contribution in [-0.2, 0) is 11.0 Å². The first-order valence-corrected chi connectivity index (χ1v) is 13.6. The van der Waals surface area contributed by atoms with Gasteiger partial charge in [-0.05, 0) is 45.4 Å². The third kappa shape index (κ3) is 6.13. The number of hydrogen-bond donors (Lipinski definition) is 2. The molecule has 9 nitrogen and oxygen atoms in total. The number of carbonyl (C=O) groups excluding carboxylic acids is 2. The Bertz CT molecular complexity index is 1280. The van der Waals surface area contributed by atoms with Gasteiger partial charge in [0.1, 0.15) is 0 Å². The van der Waals surface area contributed by atoms with Gasteiger partial charge in [-0.15, -0.1) is 0 Å². The first-order chi connectivity index (χ1) is 18.7. The summed E-state index contributed by atoms with van der Waals surface area (Å²) in [5.74, 6) is -2.87. The first-order valence-electron chi connectivity index (χ1n) is 12.9. The Labute approximate surface area is 238 Å². The molecule has 2 saturated carbocycles. The summed E-state index contributed by atoms with van der Waals surface area (Å²) in [6.07, 6.45) is 0.716. The Morgan fingerprint density at radius 3 is 2.17 bits per heavy atom. The molecule has 0 radical (unpaired) electrons. The molecule has 4 rings (SSSR count). The molecule has 0 unspecified atom stereocenters. The van der Waals surface area contributed by atoms with Gasteiger partial charge in [-0.2, -0.15) is 18.3 Å². The molecule has 2 aliphatic rings. The molecule has 0 spiro atoms. The highest BCUT2D eigenvalue weighted by Crippen LogP contribution is 2.43. The second-order valence-electron chi connectivity index (χ2n) is 10.9. The smallest absolute Gasteiger partial charge is 0.433 e. The van der Waals surface area contributed by atoms with Crippen LogP contribution in [-0.4, -0.2) is 66.2 Å². The summed E-state index contributed by atoms with van der Waals surface area (Å²) in [5, 5.41) is 24.3. The van der Waals surface area contributed by atoms with Crippen molar-refractivity contribution >= 4 is 40.9 Å². The fraction of sp³-hybridized carbons (Fsp3) is 0.577. The van der Waals surface area contributed by atoms with Crippen LogP contribution >= 0.6 is 23.2 Å². The first kappa shape index (κ1) is 30.3. The van der Waals surface area contributed by atoms with Crippen molar-refractivity contribution < 1.29 is 37.8 Å². The normalized spacial score (nSPS) is 22.7. The number of alkyl halides is 3. The van der Waals surface area contributed by atoms with E-state index >= 15 is 0 Å². The van der Waals surface area contributed by atoms with E-state index in [4.69, 9.17) is 23.2 Å². The van der Waals surface area contributed by atoms with Gasteiger partial charge < -0.3 is 15.1 Å². The van der Waals surface area contributed by atoms with Crippen molar-refractivity contribution in [3.63, 3.8) is 0 Å². The summed E-state index contributed by atoms with van der Waals surface area (Å²) >= 11 is 12.2. The number of ketones is 1. The van der Waals surface area contributed by atoms with Gasteiger partial charge in [0, 0.05) is 12.4 Å². The lowest BCUT2D eigenvalue weighted by Gasteiger charge is -2.35. The van der Waals surface area contributed by atoms with E-state index in [1.54, 1.807) is 6.92 Å². The molecule has 0 aromatic carbocycles. The van der Waals surface area contributed by atoms with Crippen LogP contribution in [0.1, 0.15) is 90.7 Å². The zero-order valence-corrected chi connectivity index (χ0v) is 23.2. The van der Waals surface area contributed by atoms with Crippen molar-refractivity contribution in [2.75, 3.05) is 13.1 Å². The van der Waals surface area contributed by atoms with Gasteiger partial charge in [0.15, 0.2) is 11.5 Å². The average molecular weight is 605 g/mol. The Balaban J connectivity index is 1.69. The van der Waals surface area contributed by atoms with Gasteiger partial charge in [-0.1, -0.05) is 36.0 Å². The van der Waals surface area contributed by atoms with Crippen LogP contribution in [0.25, 0.3) is 0 Å². The zero-order chi connectivity index (χ0) is 29.5. The van der Waals surface area contributed by atoms with Crippen molar-refractivity contribution in [3.05, 3.63) is 45.5 Å². The van der Waals surface area contributed by atoms with Gasteiger partial charge in [-0.3, -0.25) is 24.0 Å². The van der Waals surface area contributed by atoms with Crippen LogP contribution < -0.4 is 0 Å². The predicted octanol–water partition coefficient (Wildman–Crippen LogP) is 5.44. The van der Waals surface area contributed by atoms with Gasteiger partial charge in [0.2, 0.25) is 0 Å². The second-order valence-corrected chi connectivity index (χ2v) is 11.8. The third-order valence-corrected chi connectivity index (χ3v) is 8.56. The minimum Gasteiger partial charge on any atom is -0.481 e. The van der Waals surface area contributed by atoms with Crippen molar-refractivity contribution in [3.8, 4) is 0 Å². The number of amides is 1. The number of hydrogen-bond acceptors (Lipinski definition) is 6. The zero-order valence-electron chi connectivity index (χ0n) is 21.7. The monoisotopic (exact) mass is 604 g/mol. The van der Waals surface area contributed by atoms with E-state index in [-0.39, 0.29) is 47.8 Å². The number of nitrogens with zero attached hydrogens (tertiary/aromatic N) is 4. The van der Waals surface area contributed by atoms with Crippen molar-refractivity contribution in [1.82, 2.24) is 19.7 Å². The maximum Gasteiger partial charge on any atom is 0.433 e. The number of carboxylic acids is 1. The molecule has 218 valence electrons. The molecule has 40 heavy (non-hydrogen) atoms. The van der Waals surface area contributed by atoms with Gasteiger partial charge in [-0.25, -0.2) is 0 Å². The third-order valence-electron chi connectivity index (χ3n) is 7.99. The highest BCUT2D eigenvalue weighted by atomic mass is 35.5. The molecule has 2 aromatic rings. The topological polar surface area (TPSA) is 126 Å². The van der Waals surface area contributed by atoms with E-state index in [0.29, 0.717) is 25.7 Å². The average Bonchev–Trinajstić information content (AvgIpc) is 3.50. The number of carboxylic acid groups (broad SMARTS) is 1. The Kier molecular flexibility index (Phi) is 8.54. The molecule has 2 heterocycles. The van der Waals surface area contributed by atoms with Crippen LogP contribution in [0.5, 0.6) is 0 Å². The fourth-order valence-electron chi connectivity index (χ4n) is 5.62. The van der Waals surface area contributed by atoms with Crippen LogP contribution in [0.3, 0.4) is 0 Å². The van der Waals surface area contributed by atoms with Crippen molar-refractivity contribution in [1.29, 1.82) is 0 Å². The molecule has 2 aromatic heterocycles. The maximum absolute atomic E-state index is 14.4. The number of aliphatic carboxylic acids is 1. The lowest BCUT2D eigenvalue weighted by molar-refractivity contribution is -0.152. The number of Topliss-reactive ketones (excluding diaryl/α,β-unsaturated/α-hetero) is 1. The molecule has 14 heteroatoms. The molecule has 0 aliphatic heterocycles. The summed E-state index contributed by atoms with van der Waals surface area (Å²) in [5.41, 5.74) is -4.60. The quantitative estimate of drug-likeness (QED) is 0.384. The number of pyridine rings is 1. The number of carbonyl (C=O) groups is 3. The van der Waals surface area contributed by atoms with Gasteiger partial charge in [0.25, 0.3) is 5.91 Å². The lowest BCUT2D eigenvalue weighted by Crippen LogP contribution is -2.46. The summed E-state index contributed by atoms with van der Waals surface area (Å²) in [6, 6.07) is -0.769. The number of halogens is 5. The molecule has 2 fully saturated rings. The van der Waals surface area contributed by atoms with E-state index < -0.39 is 58.7 Å². The van der Waals surface area contributed by atoms with Crippen LogP contribution in [0.2, 0.25) is 10.0 Å². The number of rotatable bonds is 8. The summed E-state index contributed by atoms with van der Waals surface area (Å²) in [7, 11) is 0. The summed E-state index contributed by atoms with van der Waals surface area (Å²) < 4.78 is 44.0. The standard InChI is InChI=1S/C26H29Cl2F3N4O5/c1-24(23(38)39)8-4-15(5-9-24)35-21(26(29,30)31)16(10-33-35)22(37)34(14-25(40)6-2-3-7-25)13-19(36)20-17(27)11-32-12-18(20)28/h10-12,15,40H,2-9,13-14H2,1H3,(H,38,39). The molecule has 0 saturated heterocycles. The highest BCUT2D eigenvalue weighted by molar-refractivity contribution is 6.39. The van der Waals surface area contributed by atoms with Gasteiger partial charge >= 0.3 is 12.1 Å². The molecule has 1 amide bonds. The Morgan fingerprint density at radius 1 is 1.07 bits per heavy atom. The lowest BCUT2D eigenvalue weighted by atomic mass is 9.74. The van der Waals surface area contributed by atoms with E-state index in [1.165, 1.54) is 12.4 Å². The maximum atomic E-state index is 14.4. The highest BCUT2D eigenvalue weighted by Gasteiger charge is 2.46. The van der Waals surface area contributed by atoms with Crippen molar-refractivity contribution in [2.24, 2.45) is 5.41 Å². The molecule has 2 aliphatic carbocycles. The minimum atomic E-state index is -4.98. The Morgan fingerprint density at radius 2 is 1.65 bits per heavy atom. The van der Waals surface area contributed by atoms with E-state index in [9.17, 15) is 37.8 Å². The molecular weight excluding hydrogens is 576 g/mol. The number of aliphatic hydroxyl groups is 1. The van der Waals surface area contributed by atoms with E-state index in [1.807, 2.05) is 0 Å².